The number of carbonyl (C=O) groups is 2. The summed E-state index contributed by atoms with van der Waals surface area (Å²) in [6.07, 6.45) is 0.689. The van der Waals surface area contributed by atoms with Gasteiger partial charge in [-0.05, 0) is 44.9 Å². The first-order valence-electron chi connectivity index (χ1n) is 9.30. The summed E-state index contributed by atoms with van der Waals surface area (Å²) in [5, 5.41) is -0.370. The molecule has 0 atom stereocenters. The highest BCUT2D eigenvalue weighted by atomic mass is 35.8. The Labute approximate surface area is 218 Å². The van der Waals surface area contributed by atoms with Crippen molar-refractivity contribution < 1.29 is 9.59 Å². The number of Topliss-reactive ketones (excluding diaryl/α,β-unsaturated/α-hetero) is 1. The number of ketones is 1. The minimum atomic E-state index is -1.72. The fraction of sp³-hybridized carbons (Fsp3) is 0.364. The molecule has 0 unspecified atom stereocenters. The largest absolute Gasteiger partial charge is 0.643 e. The summed E-state index contributed by atoms with van der Waals surface area (Å²) in [6.45, 7) is 8.18. The topological polar surface area (TPSA) is 34.1 Å². The molecule has 0 saturated heterocycles. The molecule has 31 heavy (non-hydrogen) atoms. The van der Waals surface area contributed by atoms with Crippen LogP contribution in [0, 0.1) is 27.7 Å². The van der Waals surface area contributed by atoms with Gasteiger partial charge in [0.1, 0.15) is 0 Å². The van der Waals surface area contributed by atoms with Crippen LogP contribution in [-0.4, -0.2) is 34.2 Å². The monoisotopic (exact) mass is 560 g/mol. The fourth-order valence-electron chi connectivity index (χ4n) is 2.23. The Morgan fingerprint density at radius 1 is 0.774 bits per heavy atom. The molecule has 0 saturated carbocycles. The number of hydrogen-bond donors (Lipinski definition) is 0. The maximum Gasteiger partial charge on any atom is 0.643 e. The van der Waals surface area contributed by atoms with Crippen molar-refractivity contribution in [1.82, 2.24) is 0 Å². The second-order valence-corrected chi connectivity index (χ2v) is 14.0. The van der Waals surface area contributed by atoms with Gasteiger partial charge in [0.05, 0.1) is 0 Å². The Bertz CT molecular complexity index is 764. The van der Waals surface area contributed by atoms with E-state index in [0.29, 0.717) is 18.2 Å². The molecular formula is C22H27AlCl6O2. The quantitative estimate of drug-likeness (QED) is 0.158. The summed E-state index contributed by atoms with van der Waals surface area (Å²) in [6, 6.07) is 14.3. The first-order chi connectivity index (χ1) is 14.4. The van der Waals surface area contributed by atoms with E-state index in [9.17, 15) is 9.59 Å². The van der Waals surface area contributed by atoms with E-state index in [4.69, 9.17) is 65.0 Å². The lowest BCUT2D eigenvalue weighted by atomic mass is 10.0. The number of hydrogen-bond acceptors (Lipinski definition) is 2. The second kappa shape index (κ2) is 20.6. The van der Waals surface area contributed by atoms with Crippen LogP contribution in [0.15, 0.2) is 42.5 Å². The Balaban J connectivity index is 0. The summed E-state index contributed by atoms with van der Waals surface area (Å²) in [5.74, 6) is 0.849. The first kappa shape index (κ1) is 33.2. The van der Waals surface area contributed by atoms with Gasteiger partial charge in [-0.3, -0.25) is 9.59 Å². The third-order valence-electron chi connectivity index (χ3n) is 3.47. The van der Waals surface area contributed by atoms with Gasteiger partial charge in [0.15, 0.2) is 5.78 Å². The molecule has 172 valence electrons. The Kier molecular flexibility index (Phi) is 22.1. The van der Waals surface area contributed by atoms with Crippen molar-refractivity contribution >= 4 is 87.4 Å². The van der Waals surface area contributed by atoms with Gasteiger partial charge >= 0.3 is 11.4 Å². The summed E-state index contributed by atoms with van der Waals surface area (Å²) >= 11 is 13.7. The van der Waals surface area contributed by atoms with Crippen LogP contribution in [0.5, 0.6) is 0 Å². The molecule has 0 aliphatic heterocycles. The van der Waals surface area contributed by atoms with Crippen LogP contribution < -0.4 is 0 Å². The SMILES string of the molecule is Cc1ccc(C(=O)CCCl)c(C)c1.Cc1cccc(C)c1.O=C(Cl)CCCl.[Cl][Al]([Cl])[Cl]. The highest BCUT2D eigenvalue weighted by Gasteiger charge is 2.07. The van der Waals surface area contributed by atoms with Crippen LogP contribution in [-0.2, 0) is 4.79 Å². The van der Waals surface area contributed by atoms with Crippen molar-refractivity contribution in [3.8, 4) is 0 Å². The molecule has 9 heteroatoms. The predicted molar refractivity (Wildman–Crippen MR) is 141 cm³/mol. The van der Waals surface area contributed by atoms with E-state index in [0.717, 1.165) is 11.1 Å². The van der Waals surface area contributed by atoms with E-state index in [-0.39, 0.29) is 17.4 Å². The molecular weight excluding hydrogens is 536 g/mol. The molecule has 2 nitrogen and oxygen atoms in total. The second-order valence-electron chi connectivity index (χ2n) is 6.38. The molecule has 0 amide bonds. The van der Waals surface area contributed by atoms with Crippen LogP contribution in [0.1, 0.15) is 45.5 Å². The van der Waals surface area contributed by atoms with Gasteiger partial charge in [0.25, 0.3) is 0 Å². The molecule has 0 spiro atoms. The van der Waals surface area contributed by atoms with Crippen LogP contribution >= 0.6 is 65.0 Å². The van der Waals surface area contributed by atoms with E-state index in [1.165, 1.54) is 16.7 Å². The van der Waals surface area contributed by atoms with E-state index < -0.39 is 11.4 Å². The van der Waals surface area contributed by atoms with Crippen LogP contribution in [0.4, 0.5) is 0 Å². The van der Waals surface area contributed by atoms with E-state index in [1.807, 2.05) is 32.0 Å². The molecule has 2 aromatic rings. The number of rotatable bonds is 5. The number of benzene rings is 2. The van der Waals surface area contributed by atoms with E-state index in [1.54, 1.807) is 0 Å². The number of alkyl halides is 2. The van der Waals surface area contributed by atoms with Gasteiger partial charge < -0.3 is 0 Å². The zero-order chi connectivity index (χ0) is 24.4. The minimum absolute atomic E-state index is 0.132. The Morgan fingerprint density at radius 2 is 1.23 bits per heavy atom. The normalized spacial score (nSPS) is 9.10. The van der Waals surface area contributed by atoms with E-state index in [2.05, 4.69) is 38.1 Å². The molecule has 0 heterocycles. The lowest BCUT2D eigenvalue weighted by Gasteiger charge is -2.04. The Morgan fingerprint density at radius 3 is 1.52 bits per heavy atom. The van der Waals surface area contributed by atoms with Crippen molar-refractivity contribution in [3.63, 3.8) is 0 Å². The van der Waals surface area contributed by atoms with Crippen molar-refractivity contribution in [2.24, 2.45) is 0 Å². The smallest absolute Gasteiger partial charge is 0.294 e. The molecule has 0 aromatic heterocycles. The van der Waals surface area contributed by atoms with Gasteiger partial charge in [-0.15, -0.1) is 23.2 Å². The molecule has 0 fully saturated rings. The Hall–Kier alpha value is 0.0525. The molecule has 2 rings (SSSR count). The molecule has 0 N–H and O–H groups in total. The first-order valence-corrected chi connectivity index (χ1v) is 16.0. The molecule has 0 radical (unpaired) electrons. The van der Waals surface area contributed by atoms with Crippen molar-refractivity contribution in [2.75, 3.05) is 11.8 Å². The zero-order valence-corrected chi connectivity index (χ0v) is 23.7. The van der Waals surface area contributed by atoms with Crippen molar-refractivity contribution in [3.05, 3.63) is 70.3 Å². The highest BCUT2D eigenvalue weighted by Crippen LogP contribution is 2.12. The lowest BCUT2D eigenvalue weighted by molar-refractivity contribution is -0.111. The number of aryl methyl sites for hydroxylation is 4. The molecule has 0 aliphatic rings. The average molecular weight is 563 g/mol. The summed E-state index contributed by atoms with van der Waals surface area (Å²) in [5.41, 5.74) is 5.69. The summed E-state index contributed by atoms with van der Waals surface area (Å²) in [4.78, 5) is 21.2. The summed E-state index contributed by atoms with van der Waals surface area (Å²) in [7, 11) is 14.8. The standard InChI is InChI=1S/C11H13ClO.C8H10.C3H4Cl2O.Al.3ClH/c1-8-3-4-10(9(2)7-8)11(13)5-6-12;1-7-4-3-5-8(2)6-7;4-2-1-3(5)6;;;;/h3-4,7H,5-6H2,1-2H3;3-6H,1-2H3;1-2H2;;3*1H/q;;;+3;;;/p-3. The maximum atomic E-state index is 11.5. The van der Waals surface area contributed by atoms with Gasteiger partial charge in [-0.2, -0.15) is 0 Å². The van der Waals surface area contributed by atoms with Gasteiger partial charge in [-0.25, -0.2) is 30.1 Å². The van der Waals surface area contributed by atoms with Gasteiger partial charge in [0.2, 0.25) is 5.24 Å². The molecule has 0 bridgehead atoms. The van der Waals surface area contributed by atoms with E-state index >= 15 is 0 Å². The average Bonchev–Trinajstić information content (AvgIpc) is 2.62. The van der Waals surface area contributed by atoms with Crippen LogP contribution in [0.2, 0.25) is 0 Å². The number of carbonyl (C=O) groups excluding carboxylic acids is 2. The third-order valence-corrected chi connectivity index (χ3v) is 4.04. The minimum Gasteiger partial charge on any atom is -0.294 e. The van der Waals surface area contributed by atoms with Crippen molar-refractivity contribution in [2.45, 2.75) is 40.5 Å². The molecule has 2 aromatic carbocycles. The predicted octanol–water partition coefficient (Wildman–Crippen LogP) is 8.49. The third kappa shape index (κ3) is 21.6. The highest BCUT2D eigenvalue weighted by molar-refractivity contribution is 7.54. The van der Waals surface area contributed by atoms with Crippen LogP contribution in [0.25, 0.3) is 0 Å². The zero-order valence-electron chi connectivity index (χ0n) is 18.0. The number of halogens is 6. The fourth-order valence-corrected chi connectivity index (χ4v) is 2.76. The lowest BCUT2D eigenvalue weighted by Crippen LogP contribution is -2.02. The van der Waals surface area contributed by atoms with Crippen LogP contribution in [0.3, 0.4) is 0 Å². The van der Waals surface area contributed by atoms with Crippen molar-refractivity contribution in [1.29, 1.82) is 0 Å². The van der Waals surface area contributed by atoms with Gasteiger partial charge in [0, 0.05) is 30.2 Å². The van der Waals surface area contributed by atoms with Gasteiger partial charge in [-0.1, -0.05) is 59.2 Å². The summed E-state index contributed by atoms with van der Waals surface area (Å²) < 4.78 is 0. The molecule has 0 aliphatic carbocycles. The maximum absolute atomic E-state index is 11.5.